The Morgan fingerprint density at radius 3 is 2.48 bits per heavy atom. The van der Waals surface area contributed by atoms with Crippen LogP contribution < -0.4 is 14.5 Å². The number of aromatic nitrogens is 1. The van der Waals surface area contributed by atoms with Crippen molar-refractivity contribution in [2.75, 3.05) is 18.5 Å². The molecule has 9 heteroatoms. The van der Waals surface area contributed by atoms with Gasteiger partial charge in [-0.1, -0.05) is 0 Å². The summed E-state index contributed by atoms with van der Waals surface area (Å²) in [6.07, 6.45) is 1.52. The van der Waals surface area contributed by atoms with Gasteiger partial charge in [-0.25, -0.2) is 13.9 Å². The van der Waals surface area contributed by atoms with Gasteiger partial charge in [-0.2, -0.15) is 0 Å². The molecule has 3 rings (SSSR count). The smallest absolute Gasteiger partial charge is 0.274 e. The summed E-state index contributed by atoms with van der Waals surface area (Å²) >= 11 is 0. The molecule has 1 amide bonds. The van der Waals surface area contributed by atoms with Gasteiger partial charge in [0.15, 0.2) is 0 Å². The largest absolute Gasteiger partial charge is 0.496 e. The molecule has 0 atom stereocenters. The monoisotopic (exact) mass is 387 g/mol. The summed E-state index contributed by atoms with van der Waals surface area (Å²) in [4.78, 5) is 15.7. The van der Waals surface area contributed by atoms with Crippen LogP contribution in [0.3, 0.4) is 0 Å². The maximum Gasteiger partial charge on any atom is 0.274 e. The third-order valence-corrected chi connectivity index (χ3v) is 5.96. The number of carbonyl (C=O) groups excluding carboxylic acids is 1. The summed E-state index contributed by atoms with van der Waals surface area (Å²) in [5.41, 5.74) is 2.38. The van der Waals surface area contributed by atoms with Gasteiger partial charge in [0, 0.05) is 24.2 Å². The highest BCUT2D eigenvalue weighted by atomic mass is 32.2. The van der Waals surface area contributed by atoms with Crippen LogP contribution in [0.5, 0.6) is 5.75 Å². The maximum absolute atomic E-state index is 13.1. The molecule has 0 aliphatic rings. The number of anilines is 1. The summed E-state index contributed by atoms with van der Waals surface area (Å²) in [5.74, 6) is -0.156. The van der Waals surface area contributed by atoms with E-state index in [9.17, 15) is 13.2 Å². The highest BCUT2D eigenvalue weighted by molar-refractivity contribution is 7.93. The number of benzene rings is 2. The molecular formula is C18H17N3O5S. The minimum absolute atomic E-state index is 0.0403. The van der Waals surface area contributed by atoms with Gasteiger partial charge in [0.05, 0.1) is 18.3 Å². The number of pyridine rings is 1. The van der Waals surface area contributed by atoms with Crippen molar-refractivity contribution < 1.29 is 23.2 Å². The molecule has 27 heavy (non-hydrogen) atoms. The van der Waals surface area contributed by atoms with E-state index in [2.05, 4.69) is 4.98 Å². The number of nitrogens with zero attached hydrogens (tertiary/aromatic N) is 2. The SMILES string of the molecule is COc1ccc(S(=O)(=O)N(C)c2ccc(C(=O)NO)cc2)c2ncccc12. The first-order chi connectivity index (χ1) is 12.9. The Morgan fingerprint density at radius 2 is 1.85 bits per heavy atom. The molecule has 140 valence electrons. The lowest BCUT2D eigenvalue weighted by molar-refractivity contribution is 0.0706. The molecule has 0 saturated heterocycles. The molecule has 0 aliphatic carbocycles. The number of amides is 1. The fourth-order valence-electron chi connectivity index (χ4n) is 2.68. The molecule has 0 radical (unpaired) electrons. The van der Waals surface area contributed by atoms with Crippen LogP contribution in [0.2, 0.25) is 0 Å². The average molecular weight is 387 g/mol. The third-order valence-electron chi connectivity index (χ3n) is 4.15. The van der Waals surface area contributed by atoms with Crippen molar-refractivity contribution in [2.45, 2.75) is 4.90 Å². The minimum Gasteiger partial charge on any atom is -0.496 e. The summed E-state index contributed by atoms with van der Waals surface area (Å²) < 4.78 is 32.7. The van der Waals surface area contributed by atoms with Crippen molar-refractivity contribution in [3.8, 4) is 5.75 Å². The van der Waals surface area contributed by atoms with E-state index in [1.54, 1.807) is 18.2 Å². The molecule has 0 saturated carbocycles. The van der Waals surface area contributed by atoms with Crippen LogP contribution in [-0.4, -0.2) is 38.7 Å². The van der Waals surface area contributed by atoms with E-state index in [1.807, 2.05) is 0 Å². The Kier molecular flexibility index (Phi) is 4.98. The van der Waals surface area contributed by atoms with Gasteiger partial charge >= 0.3 is 0 Å². The van der Waals surface area contributed by atoms with Crippen LogP contribution in [0.4, 0.5) is 5.69 Å². The average Bonchev–Trinajstić information content (AvgIpc) is 2.71. The molecular weight excluding hydrogens is 370 g/mol. The van der Waals surface area contributed by atoms with Gasteiger partial charge in [-0.05, 0) is 48.5 Å². The number of fused-ring (bicyclic) bond motifs is 1. The fourth-order valence-corrected chi connectivity index (χ4v) is 4.02. The molecule has 8 nitrogen and oxygen atoms in total. The van der Waals surface area contributed by atoms with Gasteiger partial charge in [0.25, 0.3) is 15.9 Å². The predicted octanol–water partition coefficient (Wildman–Crippen LogP) is 2.19. The summed E-state index contributed by atoms with van der Waals surface area (Å²) in [6, 6.07) is 12.3. The van der Waals surface area contributed by atoms with E-state index in [0.29, 0.717) is 22.3 Å². The van der Waals surface area contributed by atoms with Crippen molar-refractivity contribution in [3.05, 3.63) is 60.3 Å². The van der Waals surface area contributed by atoms with E-state index in [-0.39, 0.29) is 10.5 Å². The van der Waals surface area contributed by atoms with Gasteiger partial charge in [-0.15, -0.1) is 0 Å². The summed E-state index contributed by atoms with van der Waals surface area (Å²) in [7, 11) is -0.999. The first-order valence-electron chi connectivity index (χ1n) is 7.85. The van der Waals surface area contributed by atoms with E-state index >= 15 is 0 Å². The second-order valence-electron chi connectivity index (χ2n) is 5.63. The Balaban J connectivity index is 2.06. The first-order valence-corrected chi connectivity index (χ1v) is 9.29. The zero-order valence-corrected chi connectivity index (χ0v) is 15.4. The number of carbonyl (C=O) groups is 1. The number of rotatable bonds is 5. The predicted molar refractivity (Wildman–Crippen MR) is 99.6 cm³/mol. The van der Waals surface area contributed by atoms with Crippen molar-refractivity contribution in [1.82, 2.24) is 10.5 Å². The number of hydroxylamine groups is 1. The van der Waals surface area contributed by atoms with Crippen molar-refractivity contribution in [1.29, 1.82) is 0 Å². The van der Waals surface area contributed by atoms with E-state index in [4.69, 9.17) is 9.94 Å². The quantitative estimate of drug-likeness (QED) is 0.513. The molecule has 3 aromatic rings. The Bertz CT molecular complexity index is 1100. The van der Waals surface area contributed by atoms with E-state index < -0.39 is 15.9 Å². The molecule has 0 unspecified atom stereocenters. The van der Waals surface area contributed by atoms with Crippen LogP contribution in [0.25, 0.3) is 10.9 Å². The van der Waals surface area contributed by atoms with Gasteiger partial charge in [0.1, 0.15) is 10.6 Å². The zero-order valence-electron chi connectivity index (χ0n) is 14.6. The van der Waals surface area contributed by atoms with Crippen LogP contribution in [0.15, 0.2) is 59.6 Å². The fraction of sp³-hybridized carbons (Fsp3) is 0.111. The van der Waals surface area contributed by atoms with Crippen LogP contribution in [-0.2, 0) is 10.0 Å². The lowest BCUT2D eigenvalue weighted by Crippen LogP contribution is -2.27. The van der Waals surface area contributed by atoms with Gasteiger partial charge < -0.3 is 4.74 Å². The van der Waals surface area contributed by atoms with Crippen LogP contribution >= 0.6 is 0 Å². The van der Waals surface area contributed by atoms with Crippen LogP contribution in [0, 0.1) is 0 Å². The molecule has 0 spiro atoms. The standard InChI is InChI=1S/C18H17N3O5S/c1-21(13-7-5-12(6-8-13)18(22)20-23)27(24,25)16-10-9-15(26-2)14-4-3-11-19-17(14)16/h3-11,23H,1-2H3,(H,20,22). The molecule has 0 bridgehead atoms. The number of ether oxygens (including phenoxy) is 1. The normalized spacial score (nSPS) is 11.2. The van der Waals surface area contributed by atoms with Crippen LogP contribution in [0.1, 0.15) is 10.4 Å². The third kappa shape index (κ3) is 3.29. The zero-order chi connectivity index (χ0) is 19.6. The Labute approximate surface area is 156 Å². The highest BCUT2D eigenvalue weighted by Crippen LogP contribution is 2.32. The molecule has 0 fully saturated rings. The maximum atomic E-state index is 13.1. The van der Waals surface area contributed by atoms with Gasteiger partial charge in [0.2, 0.25) is 0 Å². The summed E-state index contributed by atoms with van der Waals surface area (Å²) in [5, 5.41) is 9.25. The molecule has 2 aromatic carbocycles. The highest BCUT2D eigenvalue weighted by Gasteiger charge is 2.25. The van der Waals surface area contributed by atoms with Crippen molar-refractivity contribution in [3.63, 3.8) is 0 Å². The second-order valence-corrected chi connectivity index (χ2v) is 7.56. The first kappa shape index (κ1) is 18.6. The Hall–Kier alpha value is -3.17. The number of nitrogens with one attached hydrogen (secondary N) is 1. The summed E-state index contributed by atoms with van der Waals surface area (Å²) in [6.45, 7) is 0. The topological polar surface area (TPSA) is 109 Å². The second kappa shape index (κ2) is 7.22. The molecule has 1 aromatic heterocycles. The lowest BCUT2D eigenvalue weighted by atomic mass is 10.2. The van der Waals surface area contributed by atoms with E-state index in [1.165, 1.54) is 56.2 Å². The molecule has 0 aliphatic heterocycles. The van der Waals surface area contributed by atoms with Crippen molar-refractivity contribution in [2.24, 2.45) is 0 Å². The number of sulfonamides is 1. The number of hydrogen-bond acceptors (Lipinski definition) is 6. The number of hydrogen-bond donors (Lipinski definition) is 2. The van der Waals surface area contributed by atoms with Crippen molar-refractivity contribution >= 4 is 32.5 Å². The Morgan fingerprint density at radius 1 is 1.15 bits per heavy atom. The number of methoxy groups -OCH3 is 1. The van der Waals surface area contributed by atoms with E-state index in [0.717, 1.165) is 4.31 Å². The van der Waals surface area contributed by atoms with Gasteiger partial charge in [-0.3, -0.25) is 19.3 Å². The molecule has 2 N–H and O–H groups in total. The molecule has 1 heterocycles. The minimum atomic E-state index is -3.92. The lowest BCUT2D eigenvalue weighted by Gasteiger charge is -2.21.